The molecule has 198 valence electrons. The predicted octanol–water partition coefficient (Wildman–Crippen LogP) is 0.153. The number of morpholine rings is 1. The van der Waals surface area contributed by atoms with Crippen LogP contribution in [0, 0.1) is 17.8 Å². The van der Waals surface area contributed by atoms with Gasteiger partial charge in [-0.3, -0.25) is 19.3 Å². The summed E-state index contributed by atoms with van der Waals surface area (Å²) in [5.74, 6) is -2.72. The number of likely N-dealkylation sites (tertiary alicyclic amines) is 1. The summed E-state index contributed by atoms with van der Waals surface area (Å²) >= 11 is 3.64. The van der Waals surface area contributed by atoms with Crippen molar-refractivity contribution in [3.63, 3.8) is 0 Å². The van der Waals surface area contributed by atoms with E-state index in [1.165, 1.54) is 4.90 Å². The third-order valence-corrected chi connectivity index (χ3v) is 9.06. The fraction of sp³-hybridized carbons (Fsp3) is 0.875. The number of fused-ring (bicyclic) bond motifs is 1. The Labute approximate surface area is 215 Å². The van der Waals surface area contributed by atoms with E-state index in [1.807, 2.05) is 13.8 Å². The van der Waals surface area contributed by atoms with Crippen LogP contribution in [0.5, 0.6) is 0 Å². The number of hydrogen-bond donors (Lipinski definition) is 2. The second-order valence-electron chi connectivity index (χ2n) is 10.0. The highest BCUT2D eigenvalue weighted by Gasteiger charge is 2.77. The first-order valence-corrected chi connectivity index (χ1v) is 13.7. The fourth-order valence-corrected chi connectivity index (χ4v) is 7.25. The normalized spacial score (nSPS) is 36.2. The number of aliphatic hydroxyl groups excluding tert-OH is 1. The minimum atomic E-state index is -1.14. The number of alkyl halides is 1. The van der Waals surface area contributed by atoms with Crippen molar-refractivity contribution in [1.29, 1.82) is 0 Å². The molecule has 10 nitrogen and oxygen atoms in total. The van der Waals surface area contributed by atoms with Crippen molar-refractivity contribution in [3.8, 4) is 0 Å². The molecule has 4 aliphatic rings. The van der Waals surface area contributed by atoms with Gasteiger partial charge in [-0.1, -0.05) is 36.2 Å². The number of ether oxygens (including phenoxy) is 3. The molecular formula is C24H38BrN3O7. The molecule has 4 rings (SSSR count). The number of aliphatic hydroxyl groups is 1. The Morgan fingerprint density at radius 3 is 2.66 bits per heavy atom. The van der Waals surface area contributed by atoms with Crippen LogP contribution in [0.3, 0.4) is 0 Å². The molecule has 4 saturated heterocycles. The van der Waals surface area contributed by atoms with E-state index < -0.39 is 41.6 Å². The number of nitrogens with zero attached hydrogens (tertiary/aromatic N) is 2. The Morgan fingerprint density at radius 1 is 1.31 bits per heavy atom. The molecule has 2 bridgehead atoms. The van der Waals surface area contributed by atoms with Gasteiger partial charge in [-0.2, -0.15) is 0 Å². The zero-order valence-electron chi connectivity index (χ0n) is 20.8. The van der Waals surface area contributed by atoms with Crippen molar-refractivity contribution in [3.05, 3.63) is 0 Å². The van der Waals surface area contributed by atoms with Crippen LogP contribution < -0.4 is 5.32 Å². The molecule has 1 spiro atoms. The molecule has 11 heteroatoms. The number of nitrogens with one attached hydrogen (secondary N) is 1. The van der Waals surface area contributed by atoms with Crippen LogP contribution in [-0.4, -0.2) is 114 Å². The number of carbonyl (C=O) groups is 3. The molecule has 0 radical (unpaired) electrons. The van der Waals surface area contributed by atoms with Gasteiger partial charge < -0.3 is 29.5 Å². The summed E-state index contributed by atoms with van der Waals surface area (Å²) in [5, 5.41) is 13.3. The average molecular weight is 560 g/mol. The molecule has 0 aromatic carbocycles. The van der Waals surface area contributed by atoms with Gasteiger partial charge in [0.05, 0.1) is 50.4 Å². The fourth-order valence-electron chi connectivity index (χ4n) is 6.31. The third-order valence-electron chi connectivity index (χ3n) is 8.21. The summed E-state index contributed by atoms with van der Waals surface area (Å²) in [6.07, 6.45) is 0.620. The molecular weight excluding hydrogens is 522 g/mol. The highest BCUT2D eigenvalue weighted by Crippen LogP contribution is 2.60. The molecule has 4 aliphatic heterocycles. The van der Waals surface area contributed by atoms with Gasteiger partial charge in [-0.05, 0) is 19.3 Å². The molecule has 35 heavy (non-hydrogen) atoms. The van der Waals surface area contributed by atoms with Crippen molar-refractivity contribution in [2.45, 2.75) is 62.2 Å². The van der Waals surface area contributed by atoms with Crippen molar-refractivity contribution < 1.29 is 33.7 Å². The lowest BCUT2D eigenvalue weighted by molar-refractivity contribution is -0.155. The third kappa shape index (κ3) is 4.63. The van der Waals surface area contributed by atoms with Crippen molar-refractivity contribution in [2.75, 3.05) is 52.6 Å². The Hall–Kier alpha value is -1.27. The Morgan fingerprint density at radius 2 is 2.03 bits per heavy atom. The SMILES string of the molecule is CCOC(=O)[C@H]1[C@@H]2O[C@@]3(CC2Br)[C@@H]1C(=O)N([C@@H](CO)[C@@H](C)CC)[C@@H]3C(=O)NCCN1CCOCC1. The number of carbonyl (C=O) groups excluding carboxylic acids is 3. The van der Waals surface area contributed by atoms with Gasteiger partial charge in [0.1, 0.15) is 11.6 Å². The molecule has 8 atom stereocenters. The summed E-state index contributed by atoms with van der Waals surface area (Å²) in [4.78, 5) is 44.3. The molecule has 2 amide bonds. The van der Waals surface area contributed by atoms with E-state index in [2.05, 4.69) is 26.1 Å². The van der Waals surface area contributed by atoms with Crippen LogP contribution in [0.15, 0.2) is 0 Å². The average Bonchev–Trinajstić information content (AvgIpc) is 3.44. The van der Waals surface area contributed by atoms with Crippen molar-refractivity contribution in [1.82, 2.24) is 15.1 Å². The minimum absolute atomic E-state index is 0.0409. The first-order valence-electron chi connectivity index (χ1n) is 12.8. The number of esters is 1. The zero-order valence-corrected chi connectivity index (χ0v) is 22.4. The first-order chi connectivity index (χ1) is 16.8. The van der Waals surface area contributed by atoms with Gasteiger partial charge in [0.2, 0.25) is 11.8 Å². The van der Waals surface area contributed by atoms with E-state index in [1.54, 1.807) is 6.92 Å². The van der Waals surface area contributed by atoms with Gasteiger partial charge in [0, 0.05) is 31.0 Å². The number of halogens is 1. The van der Waals surface area contributed by atoms with E-state index in [-0.39, 0.29) is 35.8 Å². The molecule has 2 N–H and O–H groups in total. The maximum absolute atomic E-state index is 14.0. The van der Waals surface area contributed by atoms with Crippen LogP contribution in [-0.2, 0) is 28.6 Å². The summed E-state index contributed by atoms with van der Waals surface area (Å²) in [6, 6.07) is -1.48. The van der Waals surface area contributed by atoms with Gasteiger partial charge in [-0.15, -0.1) is 0 Å². The quantitative estimate of drug-likeness (QED) is 0.287. The highest BCUT2D eigenvalue weighted by molar-refractivity contribution is 9.09. The maximum atomic E-state index is 14.0. The molecule has 0 aromatic rings. The van der Waals surface area contributed by atoms with Crippen LogP contribution in [0.2, 0.25) is 0 Å². The minimum Gasteiger partial charge on any atom is -0.466 e. The second kappa shape index (κ2) is 11.0. The van der Waals surface area contributed by atoms with Gasteiger partial charge in [-0.25, -0.2) is 0 Å². The second-order valence-corrected chi connectivity index (χ2v) is 11.2. The summed E-state index contributed by atoms with van der Waals surface area (Å²) in [5.41, 5.74) is -1.14. The molecule has 4 fully saturated rings. The molecule has 0 aliphatic carbocycles. The lowest BCUT2D eigenvalue weighted by Crippen LogP contribution is -2.59. The van der Waals surface area contributed by atoms with Gasteiger partial charge >= 0.3 is 5.97 Å². The zero-order chi connectivity index (χ0) is 25.3. The largest absolute Gasteiger partial charge is 0.466 e. The van der Waals surface area contributed by atoms with E-state index in [4.69, 9.17) is 14.2 Å². The maximum Gasteiger partial charge on any atom is 0.312 e. The van der Waals surface area contributed by atoms with Crippen LogP contribution in [0.25, 0.3) is 0 Å². The lowest BCUT2D eigenvalue weighted by atomic mass is 9.70. The number of rotatable bonds is 10. The Balaban J connectivity index is 1.63. The Bertz CT molecular complexity index is 810. The van der Waals surface area contributed by atoms with E-state index in [9.17, 15) is 19.5 Å². The summed E-state index contributed by atoms with van der Waals surface area (Å²) < 4.78 is 17.1. The monoisotopic (exact) mass is 559 g/mol. The van der Waals surface area contributed by atoms with Crippen LogP contribution in [0.1, 0.15) is 33.6 Å². The lowest BCUT2D eigenvalue weighted by Gasteiger charge is -2.39. The summed E-state index contributed by atoms with van der Waals surface area (Å²) in [7, 11) is 0. The van der Waals surface area contributed by atoms with Gasteiger partial charge in [0.25, 0.3) is 0 Å². The molecule has 0 saturated carbocycles. The molecule has 1 unspecified atom stereocenters. The van der Waals surface area contributed by atoms with E-state index in [0.717, 1.165) is 19.5 Å². The molecule has 0 aromatic heterocycles. The van der Waals surface area contributed by atoms with Crippen molar-refractivity contribution in [2.24, 2.45) is 17.8 Å². The standard InChI is InChI=1S/C24H38BrN3O7/c1-4-14(3)16(13-29)28-20(21(30)26-6-7-27-8-10-33-11-9-27)24-12-15(25)19(35-24)17(18(24)22(28)31)23(32)34-5-2/h14-20,29H,4-13H2,1-3H3,(H,26,30)/t14-,15?,16-,17+,18-,19+,20+,24-/m0/s1. The highest BCUT2D eigenvalue weighted by atomic mass is 79.9. The smallest absolute Gasteiger partial charge is 0.312 e. The van der Waals surface area contributed by atoms with Crippen LogP contribution >= 0.6 is 15.9 Å². The van der Waals surface area contributed by atoms with E-state index in [0.29, 0.717) is 32.7 Å². The topological polar surface area (TPSA) is 118 Å². The predicted molar refractivity (Wildman–Crippen MR) is 130 cm³/mol. The number of hydrogen-bond acceptors (Lipinski definition) is 8. The van der Waals surface area contributed by atoms with E-state index >= 15 is 0 Å². The van der Waals surface area contributed by atoms with Crippen molar-refractivity contribution >= 4 is 33.7 Å². The molecule has 4 heterocycles. The summed E-state index contributed by atoms with van der Waals surface area (Å²) in [6.45, 7) is 9.68. The van der Waals surface area contributed by atoms with Crippen LogP contribution in [0.4, 0.5) is 0 Å². The Kier molecular flexibility index (Phi) is 8.42. The van der Waals surface area contributed by atoms with Gasteiger partial charge in [0.15, 0.2) is 0 Å². The number of amides is 2. The first kappa shape index (κ1) is 26.8.